The predicted molar refractivity (Wildman–Crippen MR) is 97.4 cm³/mol. The van der Waals surface area contributed by atoms with Crippen LogP contribution in [0.3, 0.4) is 0 Å². The van der Waals surface area contributed by atoms with Crippen molar-refractivity contribution in [2.75, 3.05) is 19.3 Å². The van der Waals surface area contributed by atoms with Gasteiger partial charge in [-0.25, -0.2) is 12.7 Å². The van der Waals surface area contributed by atoms with Gasteiger partial charge in [-0.2, -0.15) is 0 Å². The second kappa shape index (κ2) is 6.22. The van der Waals surface area contributed by atoms with Crippen molar-refractivity contribution in [1.29, 1.82) is 0 Å². The van der Waals surface area contributed by atoms with Gasteiger partial charge in [0.25, 0.3) is 0 Å². The van der Waals surface area contributed by atoms with Crippen molar-refractivity contribution in [1.82, 2.24) is 9.62 Å². The highest BCUT2D eigenvalue weighted by atomic mass is 32.2. The SMILES string of the molecule is C[C@@H](NC(=O)[C@H]1CCCN(S(C)(=O)=O)C1)C12CC3CC(CC(C3)C1)C2. The summed E-state index contributed by atoms with van der Waals surface area (Å²) in [6.45, 7) is 3.09. The van der Waals surface area contributed by atoms with Gasteiger partial charge in [0.2, 0.25) is 15.9 Å². The fourth-order valence-electron chi connectivity index (χ4n) is 6.65. The molecule has 0 aromatic heterocycles. The molecule has 1 saturated heterocycles. The lowest BCUT2D eigenvalue weighted by Crippen LogP contribution is -2.57. The van der Waals surface area contributed by atoms with Gasteiger partial charge in [0, 0.05) is 19.1 Å². The summed E-state index contributed by atoms with van der Waals surface area (Å²) < 4.78 is 25.1. The predicted octanol–water partition coefficient (Wildman–Crippen LogP) is 2.38. The molecule has 1 N–H and O–H groups in total. The summed E-state index contributed by atoms with van der Waals surface area (Å²) >= 11 is 0. The first-order chi connectivity index (χ1) is 11.7. The van der Waals surface area contributed by atoms with E-state index in [0.717, 1.165) is 30.6 Å². The van der Waals surface area contributed by atoms with E-state index in [9.17, 15) is 13.2 Å². The molecule has 2 atom stereocenters. The molecule has 25 heavy (non-hydrogen) atoms. The van der Waals surface area contributed by atoms with Gasteiger partial charge < -0.3 is 5.32 Å². The summed E-state index contributed by atoms with van der Waals surface area (Å²) in [5.41, 5.74) is 0.301. The van der Waals surface area contributed by atoms with E-state index in [0.29, 0.717) is 18.5 Å². The second-order valence-electron chi connectivity index (χ2n) is 9.47. The Morgan fingerprint density at radius 3 is 2.20 bits per heavy atom. The quantitative estimate of drug-likeness (QED) is 0.828. The molecule has 0 aromatic carbocycles. The minimum absolute atomic E-state index is 0.0663. The zero-order valence-corrected chi connectivity index (χ0v) is 16.4. The van der Waals surface area contributed by atoms with Gasteiger partial charge in [-0.05, 0) is 81.5 Å². The van der Waals surface area contributed by atoms with Crippen LogP contribution in [0.5, 0.6) is 0 Å². The minimum atomic E-state index is -3.20. The number of piperidine rings is 1. The number of hydrogen-bond acceptors (Lipinski definition) is 3. The molecule has 1 aliphatic heterocycles. The van der Waals surface area contributed by atoms with Crippen LogP contribution in [0.15, 0.2) is 0 Å². The third-order valence-electron chi connectivity index (χ3n) is 7.59. The van der Waals surface area contributed by atoms with Crippen molar-refractivity contribution in [2.24, 2.45) is 29.1 Å². The third-order valence-corrected chi connectivity index (χ3v) is 8.86. The highest BCUT2D eigenvalue weighted by Crippen LogP contribution is 2.61. The molecule has 0 aromatic rings. The van der Waals surface area contributed by atoms with Gasteiger partial charge in [0.1, 0.15) is 0 Å². The van der Waals surface area contributed by atoms with Crippen LogP contribution < -0.4 is 5.32 Å². The molecule has 0 spiro atoms. The molecule has 1 heterocycles. The van der Waals surface area contributed by atoms with Gasteiger partial charge in [-0.1, -0.05) is 0 Å². The fraction of sp³-hybridized carbons (Fsp3) is 0.947. The second-order valence-corrected chi connectivity index (χ2v) is 11.5. The van der Waals surface area contributed by atoms with Crippen molar-refractivity contribution in [3.63, 3.8) is 0 Å². The third kappa shape index (κ3) is 3.36. The molecular formula is C19H32N2O3S. The molecule has 4 aliphatic carbocycles. The molecule has 4 bridgehead atoms. The number of amides is 1. The van der Waals surface area contributed by atoms with Gasteiger partial charge in [-0.15, -0.1) is 0 Å². The van der Waals surface area contributed by atoms with E-state index < -0.39 is 10.0 Å². The normalized spacial score (nSPS) is 42.3. The molecule has 5 aliphatic rings. The first kappa shape index (κ1) is 17.8. The Morgan fingerprint density at radius 2 is 1.68 bits per heavy atom. The monoisotopic (exact) mass is 368 g/mol. The van der Waals surface area contributed by atoms with Gasteiger partial charge >= 0.3 is 0 Å². The lowest BCUT2D eigenvalue weighted by molar-refractivity contribution is -0.130. The molecule has 1 amide bonds. The zero-order valence-electron chi connectivity index (χ0n) is 15.5. The average molecular weight is 369 g/mol. The average Bonchev–Trinajstić information content (AvgIpc) is 2.53. The maximum absolute atomic E-state index is 12.8. The summed E-state index contributed by atoms with van der Waals surface area (Å²) in [5.74, 6) is 2.50. The van der Waals surface area contributed by atoms with Crippen LogP contribution in [0.4, 0.5) is 0 Å². The number of sulfonamides is 1. The van der Waals surface area contributed by atoms with Gasteiger partial charge in [0.05, 0.1) is 12.2 Å². The van der Waals surface area contributed by atoms with Crippen molar-refractivity contribution in [3.8, 4) is 0 Å². The number of nitrogens with zero attached hydrogens (tertiary/aromatic N) is 1. The van der Waals surface area contributed by atoms with E-state index in [1.807, 2.05) is 0 Å². The minimum Gasteiger partial charge on any atom is -0.353 e. The van der Waals surface area contributed by atoms with Crippen LogP contribution in [0.2, 0.25) is 0 Å². The highest BCUT2D eigenvalue weighted by molar-refractivity contribution is 7.88. The molecule has 0 radical (unpaired) electrons. The number of carbonyl (C=O) groups excluding carboxylic acids is 1. The number of nitrogens with one attached hydrogen (secondary N) is 1. The maximum atomic E-state index is 12.8. The molecule has 0 unspecified atom stereocenters. The Labute approximate surface area is 152 Å². The van der Waals surface area contributed by atoms with E-state index in [2.05, 4.69) is 12.2 Å². The Bertz CT molecular complexity index is 610. The van der Waals surface area contributed by atoms with E-state index in [1.54, 1.807) is 0 Å². The molecule has 5 fully saturated rings. The largest absolute Gasteiger partial charge is 0.353 e. The fourth-order valence-corrected chi connectivity index (χ4v) is 7.56. The first-order valence-electron chi connectivity index (χ1n) is 10.0. The smallest absolute Gasteiger partial charge is 0.224 e. The molecular weight excluding hydrogens is 336 g/mol. The number of rotatable bonds is 4. The molecule has 4 saturated carbocycles. The topological polar surface area (TPSA) is 66.5 Å². The summed E-state index contributed by atoms with van der Waals surface area (Å²) in [6.07, 6.45) is 10.9. The van der Waals surface area contributed by atoms with E-state index >= 15 is 0 Å². The summed E-state index contributed by atoms with van der Waals surface area (Å²) in [6, 6.07) is 0.210. The van der Waals surface area contributed by atoms with Crippen molar-refractivity contribution < 1.29 is 13.2 Å². The summed E-state index contributed by atoms with van der Waals surface area (Å²) in [7, 11) is -3.20. The number of carbonyl (C=O) groups is 1. The van der Waals surface area contributed by atoms with Crippen LogP contribution in [0.25, 0.3) is 0 Å². The Kier molecular flexibility index (Phi) is 4.42. The van der Waals surface area contributed by atoms with Crippen LogP contribution in [0, 0.1) is 29.1 Å². The van der Waals surface area contributed by atoms with Crippen molar-refractivity contribution >= 4 is 15.9 Å². The summed E-state index contributed by atoms with van der Waals surface area (Å²) in [4.78, 5) is 12.8. The lowest BCUT2D eigenvalue weighted by atomic mass is 9.48. The van der Waals surface area contributed by atoms with Crippen molar-refractivity contribution in [3.05, 3.63) is 0 Å². The maximum Gasteiger partial charge on any atom is 0.224 e. The van der Waals surface area contributed by atoms with E-state index in [1.165, 1.54) is 49.1 Å². The van der Waals surface area contributed by atoms with Crippen LogP contribution in [0.1, 0.15) is 58.3 Å². The molecule has 6 heteroatoms. The van der Waals surface area contributed by atoms with E-state index in [4.69, 9.17) is 0 Å². The number of hydrogen-bond donors (Lipinski definition) is 1. The standard InChI is InChI=1S/C19H32N2O3S/c1-13(19-9-14-6-15(10-19)8-16(7-14)11-19)20-18(22)17-4-3-5-21(12-17)25(2,23)24/h13-17H,3-12H2,1-2H3,(H,20,22)/t13-,14?,15?,16?,17+,19?/m1/s1. The van der Waals surface area contributed by atoms with Gasteiger partial charge in [-0.3, -0.25) is 4.79 Å². The first-order valence-corrected chi connectivity index (χ1v) is 11.9. The Morgan fingerprint density at radius 1 is 1.12 bits per heavy atom. The van der Waals surface area contributed by atoms with Crippen LogP contribution >= 0.6 is 0 Å². The zero-order chi connectivity index (χ0) is 17.8. The highest BCUT2D eigenvalue weighted by Gasteiger charge is 2.53. The Balaban J connectivity index is 1.41. The Hall–Kier alpha value is -0.620. The van der Waals surface area contributed by atoms with Crippen LogP contribution in [-0.4, -0.2) is 44.0 Å². The molecule has 5 rings (SSSR count). The van der Waals surface area contributed by atoms with Crippen molar-refractivity contribution in [2.45, 2.75) is 64.3 Å². The van der Waals surface area contributed by atoms with Gasteiger partial charge in [0.15, 0.2) is 0 Å². The summed E-state index contributed by atoms with van der Waals surface area (Å²) in [5, 5.41) is 3.32. The molecule has 5 nitrogen and oxygen atoms in total. The lowest BCUT2D eigenvalue weighted by Gasteiger charge is -2.59. The van der Waals surface area contributed by atoms with E-state index in [-0.39, 0.29) is 17.9 Å². The van der Waals surface area contributed by atoms with Crippen LogP contribution in [-0.2, 0) is 14.8 Å². The molecule has 142 valence electrons.